The fourth-order valence-corrected chi connectivity index (χ4v) is 2.56. The minimum Gasteiger partial charge on any atom is -0.381 e. The monoisotopic (exact) mass is 210 g/mol. The van der Waals surface area contributed by atoms with Gasteiger partial charge in [-0.1, -0.05) is 0 Å². The average molecular weight is 210 g/mol. The van der Waals surface area contributed by atoms with Crippen LogP contribution in [0.5, 0.6) is 0 Å². The van der Waals surface area contributed by atoms with Crippen LogP contribution in [0, 0.1) is 11.6 Å². The summed E-state index contributed by atoms with van der Waals surface area (Å²) in [5, 5.41) is 3.09. The number of hydrogen-bond acceptors (Lipinski definition) is 2. The van der Waals surface area contributed by atoms with Gasteiger partial charge in [-0.05, 0) is 18.9 Å². The smallest absolute Gasteiger partial charge is 0.151 e. The highest BCUT2D eigenvalue weighted by atomic mass is 19.1. The zero-order valence-corrected chi connectivity index (χ0v) is 8.26. The van der Waals surface area contributed by atoms with Gasteiger partial charge in [0.15, 0.2) is 5.82 Å². The first-order valence-electron chi connectivity index (χ1n) is 5.25. The SMILES string of the molecule is Fc1cc(F)c2c(c1)NCC1CCCN21. The maximum atomic E-state index is 13.6. The number of hydrogen-bond donors (Lipinski definition) is 1. The molecule has 80 valence electrons. The van der Waals surface area contributed by atoms with E-state index in [1.807, 2.05) is 0 Å². The third kappa shape index (κ3) is 1.28. The van der Waals surface area contributed by atoms with Crippen LogP contribution >= 0.6 is 0 Å². The molecule has 0 amide bonds. The quantitative estimate of drug-likeness (QED) is 0.707. The average Bonchev–Trinajstić information content (AvgIpc) is 2.63. The zero-order chi connectivity index (χ0) is 10.4. The summed E-state index contributed by atoms with van der Waals surface area (Å²) < 4.78 is 26.6. The number of nitrogens with zero attached hydrogens (tertiary/aromatic N) is 1. The first kappa shape index (κ1) is 8.95. The molecule has 0 saturated carbocycles. The van der Waals surface area contributed by atoms with Crippen LogP contribution in [-0.2, 0) is 0 Å². The predicted octanol–water partition coefficient (Wildman–Crippen LogP) is 2.36. The Bertz CT molecular complexity index is 406. The Kier molecular flexibility index (Phi) is 1.84. The molecule has 0 spiro atoms. The van der Waals surface area contributed by atoms with E-state index in [2.05, 4.69) is 10.2 Å². The van der Waals surface area contributed by atoms with Crippen molar-refractivity contribution in [2.45, 2.75) is 18.9 Å². The second kappa shape index (κ2) is 3.08. The van der Waals surface area contributed by atoms with Gasteiger partial charge in [0.1, 0.15) is 5.82 Å². The predicted molar refractivity (Wildman–Crippen MR) is 55.2 cm³/mol. The molecule has 1 fully saturated rings. The van der Waals surface area contributed by atoms with Gasteiger partial charge >= 0.3 is 0 Å². The number of halogens is 2. The van der Waals surface area contributed by atoms with Gasteiger partial charge < -0.3 is 10.2 Å². The Labute approximate surface area is 86.9 Å². The number of anilines is 2. The molecule has 2 aliphatic heterocycles. The van der Waals surface area contributed by atoms with Gasteiger partial charge in [-0.3, -0.25) is 0 Å². The normalized spacial score (nSPS) is 23.3. The van der Waals surface area contributed by atoms with Gasteiger partial charge in [-0.25, -0.2) is 8.78 Å². The summed E-state index contributed by atoms with van der Waals surface area (Å²) in [6, 6.07) is 2.70. The molecule has 2 heterocycles. The van der Waals surface area contributed by atoms with E-state index in [0.29, 0.717) is 17.4 Å². The highest BCUT2D eigenvalue weighted by molar-refractivity contribution is 5.74. The van der Waals surface area contributed by atoms with Gasteiger partial charge in [0.05, 0.1) is 11.4 Å². The Morgan fingerprint density at radius 2 is 2.20 bits per heavy atom. The van der Waals surface area contributed by atoms with Gasteiger partial charge in [0, 0.05) is 25.2 Å². The van der Waals surface area contributed by atoms with E-state index in [1.54, 1.807) is 0 Å². The van der Waals surface area contributed by atoms with Crippen molar-refractivity contribution in [2.24, 2.45) is 0 Å². The zero-order valence-electron chi connectivity index (χ0n) is 8.26. The molecule has 2 aliphatic rings. The lowest BCUT2D eigenvalue weighted by molar-refractivity contribution is 0.570. The molecule has 1 atom stereocenters. The summed E-state index contributed by atoms with van der Waals surface area (Å²) in [5.41, 5.74) is 1.14. The molecule has 1 aromatic carbocycles. The van der Waals surface area contributed by atoms with Crippen molar-refractivity contribution in [1.29, 1.82) is 0 Å². The first-order valence-corrected chi connectivity index (χ1v) is 5.25. The van der Waals surface area contributed by atoms with E-state index < -0.39 is 11.6 Å². The molecule has 1 unspecified atom stereocenters. The van der Waals surface area contributed by atoms with Crippen molar-refractivity contribution in [3.63, 3.8) is 0 Å². The van der Waals surface area contributed by atoms with Crippen molar-refractivity contribution in [3.8, 4) is 0 Å². The van der Waals surface area contributed by atoms with E-state index in [0.717, 1.165) is 32.0 Å². The van der Waals surface area contributed by atoms with E-state index >= 15 is 0 Å². The minimum absolute atomic E-state index is 0.373. The van der Waals surface area contributed by atoms with Crippen LogP contribution in [0.25, 0.3) is 0 Å². The van der Waals surface area contributed by atoms with Gasteiger partial charge in [-0.2, -0.15) is 0 Å². The molecule has 1 N–H and O–H groups in total. The van der Waals surface area contributed by atoms with Gasteiger partial charge in [0.2, 0.25) is 0 Å². The lowest BCUT2D eigenvalue weighted by Gasteiger charge is -2.34. The molecule has 0 radical (unpaired) electrons. The van der Waals surface area contributed by atoms with Crippen LogP contribution < -0.4 is 10.2 Å². The van der Waals surface area contributed by atoms with Gasteiger partial charge in [0.25, 0.3) is 0 Å². The summed E-state index contributed by atoms with van der Waals surface area (Å²) in [6.07, 6.45) is 2.17. The molecule has 0 aliphatic carbocycles. The van der Waals surface area contributed by atoms with Crippen LogP contribution in [-0.4, -0.2) is 19.1 Å². The summed E-state index contributed by atoms with van der Waals surface area (Å²) >= 11 is 0. The lowest BCUT2D eigenvalue weighted by atomic mass is 10.1. The van der Waals surface area contributed by atoms with Crippen molar-refractivity contribution in [3.05, 3.63) is 23.8 Å². The molecular formula is C11H12F2N2. The van der Waals surface area contributed by atoms with E-state index in [4.69, 9.17) is 0 Å². The number of nitrogens with one attached hydrogen (secondary N) is 1. The van der Waals surface area contributed by atoms with E-state index in [9.17, 15) is 8.78 Å². The minimum atomic E-state index is -0.517. The number of rotatable bonds is 0. The Hall–Kier alpha value is -1.32. The molecule has 2 nitrogen and oxygen atoms in total. The topological polar surface area (TPSA) is 15.3 Å². The second-order valence-electron chi connectivity index (χ2n) is 4.15. The van der Waals surface area contributed by atoms with Crippen LogP contribution in [0.15, 0.2) is 12.1 Å². The summed E-state index contributed by atoms with van der Waals surface area (Å²) in [7, 11) is 0. The summed E-state index contributed by atoms with van der Waals surface area (Å²) in [4.78, 5) is 2.06. The Morgan fingerprint density at radius 3 is 3.07 bits per heavy atom. The number of benzene rings is 1. The molecule has 0 aromatic heterocycles. The third-order valence-electron chi connectivity index (χ3n) is 3.22. The largest absolute Gasteiger partial charge is 0.381 e. The number of fused-ring (bicyclic) bond motifs is 3. The van der Waals surface area contributed by atoms with Crippen molar-refractivity contribution in [2.75, 3.05) is 23.3 Å². The highest BCUT2D eigenvalue weighted by Gasteiger charge is 2.32. The molecular weight excluding hydrogens is 198 g/mol. The standard InChI is InChI=1S/C11H12F2N2/c12-7-4-9(13)11-10(5-7)14-6-8-2-1-3-15(8)11/h4-5,8,14H,1-3,6H2. The van der Waals surface area contributed by atoms with Crippen LogP contribution in [0.1, 0.15) is 12.8 Å². The molecule has 3 rings (SSSR count). The summed E-state index contributed by atoms with van der Waals surface area (Å²) in [6.45, 7) is 1.66. The Balaban J connectivity index is 2.12. The molecule has 1 saturated heterocycles. The maximum absolute atomic E-state index is 13.6. The van der Waals surface area contributed by atoms with Crippen LogP contribution in [0.2, 0.25) is 0 Å². The molecule has 4 heteroatoms. The van der Waals surface area contributed by atoms with Crippen molar-refractivity contribution in [1.82, 2.24) is 0 Å². The maximum Gasteiger partial charge on any atom is 0.151 e. The van der Waals surface area contributed by atoms with E-state index in [-0.39, 0.29) is 0 Å². The van der Waals surface area contributed by atoms with Crippen molar-refractivity contribution >= 4 is 11.4 Å². The summed E-state index contributed by atoms with van der Waals surface area (Å²) in [5.74, 6) is -0.972. The second-order valence-corrected chi connectivity index (χ2v) is 4.15. The molecule has 15 heavy (non-hydrogen) atoms. The lowest BCUT2D eigenvalue weighted by Crippen LogP contribution is -2.40. The highest BCUT2D eigenvalue weighted by Crippen LogP contribution is 2.38. The van der Waals surface area contributed by atoms with Gasteiger partial charge in [-0.15, -0.1) is 0 Å². The van der Waals surface area contributed by atoms with Crippen molar-refractivity contribution < 1.29 is 8.78 Å². The third-order valence-corrected chi connectivity index (χ3v) is 3.22. The fraction of sp³-hybridized carbons (Fsp3) is 0.455. The molecule has 1 aromatic rings. The van der Waals surface area contributed by atoms with Crippen LogP contribution in [0.4, 0.5) is 20.2 Å². The first-order chi connectivity index (χ1) is 7.25. The van der Waals surface area contributed by atoms with Crippen LogP contribution in [0.3, 0.4) is 0 Å². The Morgan fingerprint density at radius 1 is 1.33 bits per heavy atom. The van der Waals surface area contributed by atoms with E-state index in [1.165, 1.54) is 6.07 Å². The fourth-order valence-electron chi connectivity index (χ4n) is 2.56. The molecule has 0 bridgehead atoms.